The molecular weight excluding hydrogens is 270 g/mol. The van der Waals surface area contributed by atoms with E-state index in [1.165, 1.54) is 0 Å². The van der Waals surface area contributed by atoms with Crippen molar-refractivity contribution >= 4 is 17.1 Å². The predicted octanol–water partition coefficient (Wildman–Crippen LogP) is 4.15. The van der Waals surface area contributed by atoms with Crippen LogP contribution in [0.15, 0.2) is 29.6 Å². The van der Waals surface area contributed by atoms with Gasteiger partial charge in [-0.25, -0.2) is 4.98 Å². The van der Waals surface area contributed by atoms with Crippen molar-refractivity contribution in [1.29, 1.82) is 0 Å². The van der Waals surface area contributed by atoms with Crippen LogP contribution in [0.4, 0.5) is 0 Å². The monoisotopic (exact) mass is 287 g/mol. The molecule has 0 amide bonds. The van der Waals surface area contributed by atoms with E-state index in [-0.39, 0.29) is 17.3 Å². The summed E-state index contributed by atoms with van der Waals surface area (Å²) in [6.07, 6.45) is 0.106. The number of ketones is 1. The van der Waals surface area contributed by atoms with Crippen molar-refractivity contribution in [2.75, 3.05) is 0 Å². The maximum atomic E-state index is 12.2. The summed E-state index contributed by atoms with van der Waals surface area (Å²) in [4.78, 5) is 16.8. The van der Waals surface area contributed by atoms with E-state index in [4.69, 9.17) is 4.74 Å². The molecule has 3 nitrogen and oxygen atoms in total. The standard InChI is InChI=1S/C16H17NO2S/c1-16(2,3)15-17-11(9-20-15)14-8-12(18)10-6-4-5-7-13(10)19-14/h4-7,9,14H,8H2,1-3H3. The smallest absolute Gasteiger partial charge is 0.170 e. The summed E-state index contributed by atoms with van der Waals surface area (Å²) in [6.45, 7) is 6.41. The number of rotatable bonds is 1. The number of Topliss-reactive ketones (excluding diaryl/α,β-unsaturated/α-hetero) is 1. The lowest BCUT2D eigenvalue weighted by Gasteiger charge is -2.24. The second kappa shape index (κ2) is 4.70. The first-order valence-electron chi connectivity index (χ1n) is 6.70. The first-order chi connectivity index (χ1) is 9.45. The van der Waals surface area contributed by atoms with Crippen molar-refractivity contribution in [2.24, 2.45) is 0 Å². The molecule has 0 fully saturated rings. The molecule has 4 heteroatoms. The number of para-hydroxylation sites is 1. The number of benzene rings is 1. The molecule has 1 atom stereocenters. The van der Waals surface area contributed by atoms with Crippen LogP contribution in [0.2, 0.25) is 0 Å². The summed E-state index contributed by atoms with van der Waals surface area (Å²) in [5.74, 6) is 0.793. The Morgan fingerprint density at radius 1 is 1.30 bits per heavy atom. The van der Waals surface area contributed by atoms with E-state index in [9.17, 15) is 4.79 Å². The average Bonchev–Trinajstić information content (AvgIpc) is 2.88. The fourth-order valence-corrected chi connectivity index (χ4v) is 3.17. The van der Waals surface area contributed by atoms with Gasteiger partial charge in [0.1, 0.15) is 11.9 Å². The molecule has 104 valence electrons. The molecule has 1 aromatic heterocycles. The third-order valence-corrected chi connectivity index (χ3v) is 4.61. The lowest BCUT2D eigenvalue weighted by atomic mass is 9.97. The summed E-state index contributed by atoms with van der Waals surface area (Å²) < 4.78 is 5.94. The molecule has 1 aliphatic rings. The molecule has 0 saturated carbocycles. The molecule has 3 rings (SSSR count). The Hall–Kier alpha value is -1.68. The van der Waals surface area contributed by atoms with Crippen molar-refractivity contribution < 1.29 is 9.53 Å². The largest absolute Gasteiger partial charge is 0.483 e. The summed E-state index contributed by atoms with van der Waals surface area (Å²) in [7, 11) is 0. The highest BCUT2D eigenvalue weighted by atomic mass is 32.1. The van der Waals surface area contributed by atoms with Crippen LogP contribution in [-0.2, 0) is 5.41 Å². The van der Waals surface area contributed by atoms with Gasteiger partial charge < -0.3 is 4.74 Å². The normalized spacial score (nSPS) is 18.6. The van der Waals surface area contributed by atoms with Crippen molar-refractivity contribution in [3.63, 3.8) is 0 Å². The number of ether oxygens (including phenoxy) is 1. The molecule has 1 unspecified atom stereocenters. The zero-order valence-electron chi connectivity index (χ0n) is 11.8. The second-order valence-corrected chi connectivity index (χ2v) is 6.92. The van der Waals surface area contributed by atoms with Crippen LogP contribution in [0, 0.1) is 0 Å². The van der Waals surface area contributed by atoms with Crippen molar-refractivity contribution in [3.8, 4) is 5.75 Å². The van der Waals surface area contributed by atoms with Crippen molar-refractivity contribution in [2.45, 2.75) is 38.7 Å². The molecule has 20 heavy (non-hydrogen) atoms. The van der Waals surface area contributed by atoms with E-state index in [0.29, 0.717) is 17.7 Å². The molecular formula is C16H17NO2S. The second-order valence-electron chi connectivity index (χ2n) is 6.06. The van der Waals surface area contributed by atoms with Gasteiger partial charge in [-0.1, -0.05) is 32.9 Å². The van der Waals surface area contributed by atoms with Crippen LogP contribution >= 0.6 is 11.3 Å². The highest BCUT2D eigenvalue weighted by molar-refractivity contribution is 7.09. The predicted molar refractivity (Wildman–Crippen MR) is 79.6 cm³/mol. The van der Waals surface area contributed by atoms with Crippen LogP contribution in [0.5, 0.6) is 5.75 Å². The van der Waals surface area contributed by atoms with E-state index >= 15 is 0 Å². The molecule has 0 saturated heterocycles. The number of fused-ring (bicyclic) bond motifs is 1. The molecule has 0 aliphatic carbocycles. The van der Waals surface area contributed by atoms with E-state index < -0.39 is 0 Å². The highest BCUT2D eigenvalue weighted by Gasteiger charge is 2.30. The molecule has 2 heterocycles. The van der Waals surface area contributed by atoms with Gasteiger partial charge >= 0.3 is 0 Å². The molecule has 2 aromatic rings. The number of carbonyl (C=O) groups excluding carboxylic acids is 1. The third kappa shape index (κ3) is 2.36. The number of aromatic nitrogens is 1. The van der Waals surface area contributed by atoms with Gasteiger partial charge in [-0.3, -0.25) is 4.79 Å². The van der Waals surface area contributed by atoms with Gasteiger partial charge in [0.05, 0.1) is 22.7 Å². The highest BCUT2D eigenvalue weighted by Crippen LogP contribution is 2.36. The lowest BCUT2D eigenvalue weighted by Crippen LogP contribution is -2.21. The van der Waals surface area contributed by atoms with Gasteiger partial charge in [-0.2, -0.15) is 0 Å². The molecule has 1 aromatic carbocycles. The number of thiazole rings is 1. The van der Waals surface area contributed by atoms with Crippen LogP contribution in [0.3, 0.4) is 0 Å². The quantitative estimate of drug-likeness (QED) is 0.791. The Labute approximate surface area is 122 Å². The van der Waals surface area contributed by atoms with Gasteiger partial charge in [-0.15, -0.1) is 11.3 Å². The minimum atomic E-state index is -0.259. The molecule has 0 spiro atoms. The summed E-state index contributed by atoms with van der Waals surface area (Å²) in [6, 6.07) is 7.41. The summed E-state index contributed by atoms with van der Waals surface area (Å²) >= 11 is 1.63. The van der Waals surface area contributed by atoms with E-state index in [1.54, 1.807) is 11.3 Å². The van der Waals surface area contributed by atoms with E-state index in [1.807, 2.05) is 29.6 Å². The van der Waals surface area contributed by atoms with Crippen LogP contribution in [-0.4, -0.2) is 10.8 Å². The van der Waals surface area contributed by atoms with Gasteiger partial charge in [0, 0.05) is 10.8 Å². The number of nitrogens with zero attached hydrogens (tertiary/aromatic N) is 1. The van der Waals surface area contributed by atoms with E-state index in [2.05, 4.69) is 25.8 Å². The van der Waals surface area contributed by atoms with Crippen LogP contribution in [0.25, 0.3) is 0 Å². The molecule has 0 N–H and O–H groups in total. The molecule has 0 bridgehead atoms. The van der Waals surface area contributed by atoms with Gasteiger partial charge in [0.15, 0.2) is 5.78 Å². The van der Waals surface area contributed by atoms with Crippen molar-refractivity contribution in [3.05, 3.63) is 45.9 Å². The van der Waals surface area contributed by atoms with Crippen LogP contribution < -0.4 is 4.74 Å². The third-order valence-electron chi connectivity index (χ3n) is 3.32. The summed E-state index contributed by atoms with van der Waals surface area (Å²) in [5.41, 5.74) is 1.57. The number of hydrogen-bond donors (Lipinski definition) is 0. The number of hydrogen-bond acceptors (Lipinski definition) is 4. The minimum absolute atomic E-state index is 0.0273. The minimum Gasteiger partial charge on any atom is -0.483 e. The Bertz CT molecular complexity index is 654. The zero-order valence-corrected chi connectivity index (χ0v) is 12.7. The van der Waals surface area contributed by atoms with Crippen LogP contribution in [0.1, 0.15) is 54.4 Å². The first kappa shape index (κ1) is 13.3. The molecule has 0 radical (unpaired) electrons. The Morgan fingerprint density at radius 3 is 2.75 bits per heavy atom. The SMILES string of the molecule is CC(C)(C)c1nc(C2CC(=O)c3ccccc3O2)cs1. The first-order valence-corrected chi connectivity index (χ1v) is 7.58. The fourth-order valence-electron chi connectivity index (χ4n) is 2.22. The van der Waals surface area contributed by atoms with E-state index in [0.717, 1.165) is 10.7 Å². The topological polar surface area (TPSA) is 39.2 Å². The molecule has 1 aliphatic heterocycles. The maximum absolute atomic E-state index is 12.2. The lowest BCUT2D eigenvalue weighted by molar-refractivity contribution is 0.0845. The maximum Gasteiger partial charge on any atom is 0.170 e. The average molecular weight is 287 g/mol. The van der Waals surface area contributed by atoms with Gasteiger partial charge in [0.25, 0.3) is 0 Å². The Balaban J connectivity index is 1.90. The summed E-state index contributed by atoms with van der Waals surface area (Å²) in [5, 5.41) is 3.08. The number of carbonyl (C=O) groups is 1. The van der Waals surface area contributed by atoms with Crippen molar-refractivity contribution in [1.82, 2.24) is 4.98 Å². The fraction of sp³-hybridized carbons (Fsp3) is 0.375. The zero-order chi connectivity index (χ0) is 14.3. The Kier molecular flexibility index (Phi) is 3.13. The van der Waals surface area contributed by atoms with Gasteiger partial charge in [0.2, 0.25) is 0 Å². The van der Waals surface area contributed by atoms with Gasteiger partial charge in [-0.05, 0) is 12.1 Å². The Morgan fingerprint density at radius 2 is 2.05 bits per heavy atom.